The van der Waals surface area contributed by atoms with E-state index in [1.54, 1.807) is 0 Å². The molecule has 0 N–H and O–H groups in total. The van der Waals surface area contributed by atoms with Crippen LogP contribution in [-0.2, 0) is 25.5 Å². The van der Waals surface area contributed by atoms with Crippen LogP contribution in [0.3, 0.4) is 0 Å². The summed E-state index contributed by atoms with van der Waals surface area (Å²) in [6.45, 7) is 11.5. The minimum absolute atomic E-state index is 0. The number of aromatic nitrogens is 2. The van der Waals surface area contributed by atoms with Gasteiger partial charge in [0.2, 0.25) is 0 Å². The van der Waals surface area contributed by atoms with Crippen molar-refractivity contribution in [2.24, 2.45) is 0 Å². The molecule has 5 heteroatoms. The second kappa shape index (κ2) is 13.5. The van der Waals surface area contributed by atoms with Crippen LogP contribution < -0.4 is 5.19 Å². The van der Waals surface area contributed by atoms with Crippen LogP contribution in [0.1, 0.15) is 25.0 Å². The van der Waals surface area contributed by atoms with Crippen molar-refractivity contribution in [3.8, 4) is 22.5 Å². The standard InChI is InChI=1S/C26H20NO.C14H16NSi.Ir/c1-26(2,19-8-4-3-5-9-19)20-14-15-27-23(17-20)18-12-13-25-22(16-18)21-10-6-7-11-24(21)28-25;1-16(2,3)13-9-10-14(15-11-13)12-7-5-4-6-8-12;/h3-11,13-17H,1-2H3;4-7,9-11H,1-3H3;/q2*-1;. The van der Waals surface area contributed by atoms with Gasteiger partial charge in [-0.3, -0.25) is 0 Å². The number of pyridine rings is 2. The molecule has 45 heavy (non-hydrogen) atoms. The molecular weight excluding hydrogens is 745 g/mol. The normalized spacial score (nSPS) is 11.5. The minimum atomic E-state index is -1.23. The molecule has 7 aromatic rings. The van der Waals surface area contributed by atoms with Crippen molar-refractivity contribution in [3.05, 3.63) is 151 Å². The van der Waals surface area contributed by atoms with E-state index < -0.39 is 8.07 Å². The maximum Gasteiger partial charge on any atom is 0.120 e. The number of hydrogen-bond acceptors (Lipinski definition) is 3. The summed E-state index contributed by atoms with van der Waals surface area (Å²) in [6, 6.07) is 45.8. The van der Waals surface area contributed by atoms with E-state index in [2.05, 4.69) is 122 Å². The Morgan fingerprint density at radius 2 is 1.40 bits per heavy atom. The molecule has 3 nitrogen and oxygen atoms in total. The van der Waals surface area contributed by atoms with E-state index in [0.29, 0.717) is 0 Å². The van der Waals surface area contributed by atoms with Crippen molar-refractivity contribution in [1.82, 2.24) is 9.97 Å². The Hall–Kier alpha value is -4.15. The maximum atomic E-state index is 5.93. The number of rotatable bonds is 5. The van der Waals surface area contributed by atoms with Crippen molar-refractivity contribution in [2.45, 2.75) is 38.9 Å². The quantitative estimate of drug-likeness (QED) is 0.129. The van der Waals surface area contributed by atoms with Crippen molar-refractivity contribution in [3.63, 3.8) is 0 Å². The predicted octanol–water partition coefficient (Wildman–Crippen LogP) is 9.87. The molecule has 0 atom stereocenters. The summed E-state index contributed by atoms with van der Waals surface area (Å²) in [7, 11) is -1.23. The van der Waals surface area contributed by atoms with Crippen LogP contribution in [0.15, 0.2) is 132 Å². The third kappa shape index (κ3) is 7.07. The van der Waals surface area contributed by atoms with Gasteiger partial charge in [-0.15, -0.1) is 59.7 Å². The minimum Gasteiger partial charge on any atom is -0.500 e. The Morgan fingerprint density at radius 1 is 0.644 bits per heavy atom. The monoisotopic (exact) mass is 781 g/mol. The molecule has 227 valence electrons. The molecule has 0 aliphatic rings. The van der Waals surface area contributed by atoms with Crippen LogP contribution in [0.25, 0.3) is 44.5 Å². The van der Waals surface area contributed by atoms with Gasteiger partial charge in [0.1, 0.15) is 5.58 Å². The van der Waals surface area contributed by atoms with Gasteiger partial charge < -0.3 is 14.4 Å². The summed E-state index contributed by atoms with van der Waals surface area (Å²) in [4.78, 5) is 9.15. The van der Waals surface area contributed by atoms with Crippen LogP contribution in [0.4, 0.5) is 0 Å². The fourth-order valence-electron chi connectivity index (χ4n) is 5.36. The number of benzene rings is 4. The van der Waals surface area contributed by atoms with E-state index in [4.69, 9.17) is 4.42 Å². The SMILES string of the molecule is CC(C)(c1ccccc1)c1ccnc(-c2[c-]cc3oc4ccccc4c3c2)c1.C[Si](C)(C)c1ccc(-c2[c-]cccc2)nc1.[Ir]. The van der Waals surface area contributed by atoms with Gasteiger partial charge in [0.25, 0.3) is 0 Å². The van der Waals surface area contributed by atoms with Gasteiger partial charge in [0, 0.05) is 43.3 Å². The molecule has 4 aromatic carbocycles. The summed E-state index contributed by atoms with van der Waals surface area (Å²) in [5, 5.41) is 3.61. The van der Waals surface area contributed by atoms with Gasteiger partial charge in [-0.2, -0.15) is 0 Å². The predicted molar refractivity (Wildman–Crippen MR) is 186 cm³/mol. The fourth-order valence-corrected chi connectivity index (χ4v) is 6.39. The molecule has 0 aliphatic heterocycles. The summed E-state index contributed by atoms with van der Waals surface area (Å²) < 4.78 is 5.93. The average molecular weight is 781 g/mol. The Morgan fingerprint density at radius 3 is 2.11 bits per heavy atom. The number of fused-ring (bicyclic) bond motifs is 3. The van der Waals surface area contributed by atoms with E-state index in [1.807, 2.05) is 60.9 Å². The van der Waals surface area contributed by atoms with E-state index in [1.165, 1.54) is 16.3 Å². The van der Waals surface area contributed by atoms with Gasteiger partial charge in [0.15, 0.2) is 0 Å². The molecule has 0 amide bonds. The first-order valence-corrected chi connectivity index (χ1v) is 18.5. The number of nitrogens with zero attached hydrogens (tertiary/aromatic N) is 2. The first-order chi connectivity index (χ1) is 21.2. The van der Waals surface area contributed by atoms with E-state index in [9.17, 15) is 0 Å². The molecule has 0 saturated heterocycles. The molecule has 0 bridgehead atoms. The van der Waals surface area contributed by atoms with Crippen molar-refractivity contribution in [1.29, 1.82) is 0 Å². The largest absolute Gasteiger partial charge is 0.500 e. The van der Waals surface area contributed by atoms with Crippen molar-refractivity contribution >= 4 is 35.2 Å². The average Bonchev–Trinajstić information content (AvgIpc) is 3.44. The fraction of sp³-hybridized carbons (Fsp3) is 0.150. The van der Waals surface area contributed by atoms with Crippen LogP contribution in [0.5, 0.6) is 0 Å². The maximum absolute atomic E-state index is 5.93. The molecule has 0 aliphatic carbocycles. The third-order valence-corrected chi connectivity index (χ3v) is 10.2. The van der Waals surface area contributed by atoms with E-state index in [-0.39, 0.29) is 25.5 Å². The molecule has 3 heterocycles. The van der Waals surface area contributed by atoms with Gasteiger partial charge >= 0.3 is 0 Å². The molecule has 3 aromatic heterocycles. The third-order valence-electron chi connectivity index (χ3n) is 8.18. The van der Waals surface area contributed by atoms with Gasteiger partial charge in [-0.1, -0.05) is 106 Å². The topological polar surface area (TPSA) is 38.9 Å². The number of furan rings is 1. The Bertz CT molecular complexity index is 2010. The summed E-state index contributed by atoms with van der Waals surface area (Å²) in [5.41, 5.74) is 8.12. The molecular formula is C40H36IrN2OSi-2. The Balaban J connectivity index is 0.000000202. The zero-order valence-electron chi connectivity index (χ0n) is 26.3. The Kier molecular flexibility index (Phi) is 9.64. The zero-order valence-corrected chi connectivity index (χ0v) is 29.7. The first kappa shape index (κ1) is 32.2. The summed E-state index contributed by atoms with van der Waals surface area (Å²) >= 11 is 0. The number of para-hydroxylation sites is 1. The van der Waals surface area contributed by atoms with Crippen LogP contribution in [0.2, 0.25) is 19.6 Å². The first-order valence-electron chi connectivity index (χ1n) is 15.0. The summed E-state index contributed by atoms with van der Waals surface area (Å²) in [5.74, 6) is 0. The molecule has 1 radical (unpaired) electrons. The summed E-state index contributed by atoms with van der Waals surface area (Å²) in [6.07, 6.45) is 3.91. The van der Waals surface area contributed by atoms with Crippen molar-refractivity contribution < 1.29 is 24.5 Å². The smallest absolute Gasteiger partial charge is 0.120 e. The van der Waals surface area contributed by atoms with Crippen molar-refractivity contribution in [2.75, 3.05) is 0 Å². The zero-order chi connectivity index (χ0) is 30.7. The van der Waals surface area contributed by atoms with Crippen LogP contribution in [-0.4, -0.2) is 18.0 Å². The van der Waals surface area contributed by atoms with Gasteiger partial charge in [-0.25, -0.2) is 0 Å². The molecule has 0 fully saturated rings. The molecule has 0 spiro atoms. The van der Waals surface area contributed by atoms with Crippen LogP contribution in [0, 0.1) is 12.1 Å². The van der Waals surface area contributed by atoms with Gasteiger partial charge in [-0.05, 0) is 39.8 Å². The van der Waals surface area contributed by atoms with E-state index >= 15 is 0 Å². The molecule has 7 rings (SSSR count). The van der Waals surface area contributed by atoms with Crippen LogP contribution >= 0.6 is 0 Å². The number of hydrogen-bond donors (Lipinski definition) is 0. The second-order valence-corrected chi connectivity index (χ2v) is 17.7. The van der Waals surface area contributed by atoms with E-state index in [0.717, 1.165) is 44.5 Å². The molecule has 0 unspecified atom stereocenters. The Labute approximate surface area is 280 Å². The molecule has 0 saturated carbocycles. The second-order valence-electron chi connectivity index (χ2n) is 12.6. The van der Waals surface area contributed by atoms with Gasteiger partial charge in [0.05, 0.1) is 13.7 Å².